The van der Waals surface area contributed by atoms with Gasteiger partial charge in [0.25, 0.3) is 5.91 Å². The second-order valence-electron chi connectivity index (χ2n) is 6.72. The minimum Gasteiger partial charge on any atom is -0.478 e. The number of thioether (sulfide) groups is 1. The fourth-order valence-corrected chi connectivity index (χ4v) is 4.11. The molecule has 2 aromatic carbocycles. The molecular formula is C21H17NO5S2. The van der Waals surface area contributed by atoms with E-state index < -0.39 is 17.8 Å². The van der Waals surface area contributed by atoms with Crippen molar-refractivity contribution in [2.45, 2.75) is 19.8 Å². The van der Waals surface area contributed by atoms with Crippen molar-refractivity contribution in [3.05, 3.63) is 69.6 Å². The van der Waals surface area contributed by atoms with E-state index in [-0.39, 0.29) is 21.1 Å². The molecule has 0 radical (unpaired) electrons. The molecule has 6 nitrogen and oxygen atoms in total. The minimum atomic E-state index is -1.29. The van der Waals surface area contributed by atoms with Gasteiger partial charge >= 0.3 is 11.9 Å². The molecule has 0 aromatic heterocycles. The molecule has 1 aliphatic heterocycles. The van der Waals surface area contributed by atoms with E-state index in [1.165, 1.54) is 17.7 Å². The number of carboxylic acid groups (broad SMARTS) is 2. The average Bonchev–Trinajstić information content (AvgIpc) is 2.94. The number of hydrogen-bond acceptors (Lipinski definition) is 5. The van der Waals surface area contributed by atoms with Crippen LogP contribution in [-0.2, 0) is 4.79 Å². The lowest BCUT2D eigenvalue weighted by molar-refractivity contribution is -0.113. The van der Waals surface area contributed by atoms with Gasteiger partial charge in [-0.15, -0.1) is 0 Å². The first-order chi connectivity index (χ1) is 13.7. The van der Waals surface area contributed by atoms with Crippen molar-refractivity contribution in [2.75, 3.05) is 4.90 Å². The van der Waals surface area contributed by atoms with E-state index in [1.54, 1.807) is 6.08 Å². The van der Waals surface area contributed by atoms with Gasteiger partial charge in [-0.25, -0.2) is 9.59 Å². The number of benzene rings is 2. The highest BCUT2D eigenvalue weighted by molar-refractivity contribution is 8.27. The monoisotopic (exact) mass is 427 g/mol. The van der Waals surface area contributed by atoms with Crippen LogP contribution in [0.2, 0.25) is 0 Å². The summed E-state index contributed by atoms with van der Waals surface area (Å²) in [6.07, 6.45) is 1.71. The molecule has 0 bridgehead atoms. The van der Waals surface area contributed by atoms with Gasteiger partial charge in [-0.2, -0.15) is 0 Å². The van der Waals surface area contributed by atoms with Crippen LogP contribution in [0.1, 0.15) is 51.6 Å². The average molecular weight is 428 g/mol. The van der Waals surface area contributed by atoms with E-state index in [0.717, 1.165) is 28.3 Å². The highest BCUT2D eigenvalue weighted by Gasteiger charge is 2.34. The van der Waals surface area contributed by atoms with Gasteiger partial charge in [0.15, 0.2) is 4.32 Å². The highest BCUT2D eigenvalue weighted by atomic mass is 32.2. The second kappa shape index (κ2) is 8.18. The quantitative estimate of drug-likeness (QED) is 0.531. The molecule has 1 aliphatic rings. The second-order valence-corrected chi connectivity index (χ2v) is 8.39. The number of hydrogen-bond donors (Lipinski definition) is 2. The first kappa shape index (κ1) is 20.8. The Bertz CT molecular complexity index is 1020. The predicted octanol–water partition coefficient (Wildman–Crippen LogP) is 4.61. The first-order valence-electron chi connectivity index (χ1n) is 8.67. The number of thiocarbonyl (C=S) groups is 1. The Kier molecular flexibility index (Phi) is 5.86. The molecule has 1 saturated heterocycles. The summed E-state index contributed by atoms with van der Waals surface area (Å²) in [7, 11) is 0. The molecule has 29 heavy (non-hydrogen) atoms. The summed E-state index contributed by atoms with van der Waals surface area (Å²) in [4.78, 5) is 37.1. The molecule has 8 heteroatoms. The van der Waals surface area contributed by atoms with Crippen LogP contribution in [0.15, 0.2) is 47.4 Å². The van der Waals surface area contributed by atoms with E-state index in [9.17, 15) is 24.6 Å². The smallest absolute Gasteiger partial charge is 0.335 e. The lowest BCUT2D eigenvalue weighted by atomic mass is 10.0. The molecular weight excluding hydrogens is 410 g/mol. The van der Waals surface area contributed by atoms with Crippen molar-refractivity contribution in [3.63, 3.8) is 0 Å². The largest absolute Gasteiger partial charge is 0.478 e. The number of carbonyl (C=O) groups excluding carboxylic acids is 1. The maximum Gasteiger partial charge on any atom is 0.335 e. The molecule has 3 rings (SSSR count). The van der Waals surface area contributed by atoms with Crippen LogP contribution < -0.4 is 4.90 Å². The Morgan fingerprint density at radius 1 is 1.03 bits per heavy atom. The van der Waals surface area contributed by atoms with Gasteiger partial charge in [0, 0.05) is 0 Å². The summed E-state index contributed by atoms with van der Waals surface area (Å²) in [6, 6.07) is 11.3. The normalized spacial score (nSPS) is 15.4. The molecule has 1 amide bonds. The van der Waals surface area contributed by atoms with Crippen LogP contribution in [0.5, 0.6) is 0 Å². The molecule has 0 unspecified atom stereocenters. The Morgan fingerprint density at radius 3 is 2.07 bits per heavy atom. The van der Waals surface area contributed by atoms with Crippen molar-refractivity contribution < 1.29 is 24.6 Å². The number of rotatable bonds is 5. The Balaban J connectivity index is 1.97. The Labute approximate surface area is 176 Å². The molecule has 2 N–H and O–H groups in total. The molecule has 1 fully saturated rings. The minimum absolute atomic E-state index is 0.114. The van der Waals surface area contributed by atoms with Crippen LogP contribution in [0.25, 0.3) is 6.08 Å². The third-order valence-electron chi connectivity index (χ3n) is 4.36. The molecule has 0 saturated carbocycles. The van der Waals surface area contributed by atoms with Gasteiger partial charge in [-0.1, -0.05) is 62.1 Å². The Morgan fingerprint density at radius 2 is 1.59 bits per heavy atom. The fourth-order valence-electron chi connectivity index (χ4n) is 2.81. The number of nitrogens with zero attached hydrogens (tertiary/aromatic N) is 1. The number of carbonyl (C=O) groups is 3. The van der Waals surface area contributed by atoms with Gasteiger partial charge in [0.1, 0.15) is 0 Å². The van der Waals surface area contributed by atoms with Gasteiger partial charge in [0.2, 0.25) is 0 Å². The molecule has 1 heterocycles. The zero-order valence-electron chi connectivity index (χ0n) is 15.6. The van der Waals surface area contributed by atoms with Crippen LogP contribution >= 0.6 is 24.0 Å². The van der Waals surface area contributed by atoms with E-state index >= 15 is 0 Å². The zero-order chi connectivity index (χ0) is 21.3. The van der Waals surface area contributed by atoms with Gasteiger partial charge in [-0.3, -0.25) is 9.69 Å². The lowest BCUT2D eigenvalue weighted by Gasteiger charge is -2.16. The topological polar surface area (TPSA) is 94.9 Å². The van der Waals surface area contributed by atoms with Crippen molar-refractivity contribution in [1.29, 1.82) is 0 Å². The van der Waals surface area contributed by atoms with Crippen molar-refractivity contribution in [3.8, 4) is 0 Å². The SMILES string of the molecule is CC(C)c1ccc(/C=C2\SC(=S)N(c3cc(C(=O)O)cc(C(=O)O)c3)C2=O)cc1. The van der Waals surface area contributed by atoms with E-state index in [4.69, 9.17) is 12.2 Å². The summed E-state index contributed by atoms with van der Waals surface area (Å²) in [5.74, 6) is -2.61. The maximum absolute atomic E-state index is 12.9. The van der Waals surface area contributed by atoms with Crippen LogP contribution in [0.4, 0.5) is 5.69 Å². The third-order valence-corrected chi connectivity index (χ3v) is 5.67. The van der Waals surface area contributed by atoms with E-state index in [2.05, 4.69) is 13.8 Å². The molecule has 0 spiro atoms. The Hall–Kier alpha value is -2.97. The van der Waals surface area contributed by atoms with E-state index in [0.29, 0.717) is 10.8 Å². The van der Waals surface area contributed by atoms with Crippen molar-refractivity contribution in [1.82, 2.24) is 0 Å². The number of anilines is 1. The molecule has 2 aromatic rings. The number of carboxylic acids is 2. The van der Waals surface area contributed by atoms with Crippen molar-refractivity contribution >= 4 is 57.9 Å². The maximum atomic E-state index is 12.9. The van der Waals surface area contributed by atoms with Crippen LogP contribution in [0, 0.1) is 0 Å². The lowest BCUT2D eigenvalue weighted by Crippen LogP contribution is -2.28. The molecule has 0 aliphatic carbocycles. The first-order valence-corrected chi connectivity index (χ1v) is 9.89. The summed E-state index contributed by atoms with van der Waals surface area (Å²) in [5, 5.41) is 18.5. The van der Waals surface area contributed by atoms with Gasteiger partial charge in [0.05, 0.1) is 21.7 Å². The summed E-state index contributed by atoms with van der Waals surface area (Å²) in [5.41, 5.74) is 1.66. The van der Waals surface area contributed by atoms with Crippen molar-refractivity contribution in [2.24, 2.45) is 0 Å². The number of amides is 1. The van der Waals surface area contributed by atoms with Gasteiger partial charge in [-0.05, 0) is 41.3 Å². The van der Waals surface area contributed by atoms with Gasteiger partial charge < -0.3 is 10.2 Å². The standard InChI is InChI=1S/C21H17NO5S2/c1-11(2)13-5-3-12(4-6-13)7-17-18(23)22(21(28)29-17)16-9-14(19(24)25)8-15(10-16)20(26)27/h3-11H,1-2H3,(H,24,25)(H,26,27)/b17-7-. The zero-order valence-corrected chi connectivity index (χ0v) is 17.2. The summed E-state index contributed by atoms with van der Waals surface area (Å²) >= 11 is 6.38. The summed E-state index contributed by atoms with van der Waals surface area (Å²) in [6.45, 7) is 4.19. The van der Waals surface area contributed by atoms with Crippen LogP contribution in [-0.4, -0.2) is 32.4 Å². The summed E-state index contributed by atoms with van der Waals surface area (Å²) < 4.78 is 0.207. The fraction of sp³-hybridized carbons (Fsp3) is 0.143. The number of aromatic carboxylic acids is 2. The molecule has 148 valence electrons. The highest BCUT2D eigenvalue weighted by Crippen LogP contribution is 2.37. The third kappa shape index (κ3) is 4.38. The molecule has 0 atom stereocenters. The predicted molar refractivity (Wildman–Crippen MR) is 117 cm³/mol. The van der Waals surface area contributed by atoms with E-state index in [1.807, 2.05) is 24.3 Å². The van der Waals surface area contributed by atoms with Crippen LogP contribution in [0.3, 0.4) is 0 Å².